The molecular formula is C20H16ClFN4O2S. The number of thioether (sulfide) groups is 1. The first-order valence-corrected chi connectivity index (χ1v) is 9.87. The number of imide groups is 1. The number of carbonyl (C=O) groups excluding carboxylic acids is 2. The van der Waals surface area contributed by atoms with Gasteiger partial charge in [-0.15, -0.1) is 16.8 Å². The number of nitrogens with one attached hydrogen (secondary N) is 1. The summed E-state index contributed by atoms with van der Waals surface area (Å²) in [5, 5.41) is 11.3. The minimum atomic E-state index is -0.521. The lowest BCUT2D eigenvalue weighted by Gasteiger charge is -2.08. The van der Waals surface area contributed by atoms with Crippen LogP contribution in [0.5, 0.6) is 0 Å². The molecule has 3 rings (SSSR count). The van der Waals surface area contributed by atoms with Crippen molar-refractivity contribution in [2.24, 2.45) is 0 Å². The fourth-order valence-corrected chi connectivity index (χ4v) is 3.37. The third-order valence-electron chi connectivity index (χ3n) is 3.83. The van der Waals surface area contributed by atoms with E-state index in [4.69, 9.17) is 11.6 Å². The average Bonchev–Trinajstić information content (AvgIpc) is 3.10. The van der Waals surface area contributed by atoms with E-state index in [0.29, 0.717) is 33.7 Å². The van der Waals surface area contributed by atoms with Crippen molar-refractivity contribution in [1.82, 2.24) is 20.1 Å². The van der Waals surface area contributed by atoms with Crippen molar-refractivity contribution in [2.45, 2.75) is 11.7 Å². The van der Waals surface area contributed by atoms with E-state index in [9.17, 15) is 14.0 Å². The zero-order valence-electron chi connectivity index (χ0n) is 15.1. The fourth-order valence-electron chi connectivity index (χ4n) is 2.50. The summed E-state index contributed by atoms with van der Waals surface area (Å²) in [4.78, 5) is 24.3. The molecule has 2 amide bonds. The van der Waals surface area contributed by atoms with Crippen LogP contribution in [0.2, 0.25) is 5.02 Å². The van der Waals surface area contributed by atoms with Gasteiger partial charge in [0, 0.05) is 17.1 Å². The van der Waals surface area contributed by atoms with Crippen molar-refractivity contribution in [2.75, 3.05) is 5.75 Å². The maximum Gasteiger partial charge on any atom is 0.257 e. The SMILES string of the molecule is C=CCn1c(SCC(=O)NC(=O)c2ccc(Cl)cc2)nnc1-c1ccccc1F. The zero-order valence-corrected chi connectivity index (χ0v) is 16.7. The van der Waals surface area contributed by atoms with Crippen LogP contribution in [0.15, 0.2) is 66.3 Å². The van der Waals surface area contributed by atoms with E-state index in [-0.39, 0.29) is 5.75 Å². The molecule has 0 unspecified atom stereocenters. The molecule has 0 aliphatic rings. The molecular weight excluding hydrogens is 415 g/mol. The van der Waals surface area contributed by atoms with Gasteiger partial charge in [0.15, 0.2) is 11.0 Å². The van der Waals surface area contributed by atoms with Gasteiger partial charge in [-0.25, -0.2) is 4.39 Å². The number of benzene rings is 2. The molecule has 0 spiro atoms. The normalized spacial score (nSPS) is 10.6. The van der Waals surface area contributed by atoms with Crippen molar-refractivity contribution in [3.63, 3.8) is 0 Å². The lowest BCUT2D eigenvalue weighted by Crippen LogP contribution is -2.31. The van der Waals surface area contributed by atoms with Crippen molar-refractivity contribution in [1.29, 1.82) is 0 Å². The summed E-state index contributed by atoms with van der Waals surface area (Å²) in [5.74, 6) is -1.16. The molecule has 3 aromatic rings. The predicted molar refractivity (Wildman–Crippen MR) is 110 cm³/mol. The first-order chi connectivity index (χ1) is 14.0. The number of aromatic nitrogens is 3. The fraction of sp³-hybridized carbons (Fsp3) is 0.100. The summed E-state index contributed by atoms with van der Waals surface area (Å²) in [7, 11) is 0. The van der Waals surface area contributed by atoms with Crippen LogP contribution in [0.25, 0.3) is 11.4 Å². The van der Waals surface area contributed by atoms with Crippen molar-refractivity contribution in [3.8, 4) is 11.4 Å². The first kappa shape index (κ1) is 20.8. The zero-order chi connectivity index (χ0) is 20.8. The van der Waals surface area contributed by atoms with Gasteiger partial charge in [-0.3, -0.25) is 19.5 Å². The summed E-state index contributed by atoms with van der Waals surface area (Å²) >= 11 is 6.88. The molecule has 29 heavy (non-hydrogen) atoms. The number of hydrogen-bond donors (Lipinski definition) is 1. The van der Waals surface area contributed by atoms with Crippen LogP contribution in [0, 0.1) is 5.82 Å². The van der Waals surface area contributed by atoms with Crippen LogP contribution < -0.4 is 5.32 Å². The highest BCUT2D eigenvalue weighted by Crippen LogP contribution is 2.25. The maximum absolute atomic E-state index is 14.1. The van der Waals surface area contributed by atoms with Gasteiger partial charge in [0.05, 0.1) is 11.3 Å². The number of hydrogen-bond acceptors (Lipinski definition) is 5. The molecule has 1 N–H and O–H groups in total. The van der Waals surface area contributed by atoms with Crippen LogP contribution in [0.1, 0.15) is 10.4 Å². The number of allylic oxidation sites excluding steroid dienone is 1. The van der Waals surface area contributed by atoms with Gasteiger partial charge in [-0.1, -0.05) is 41.6 Å². The van der Waals surface area contributed by atoms with Crippen LogP contribution in [-0.2, 0) is 11.3 Å². The Bertz CT molecular complexity index is 1050. The molecule has 6 nitrogen and oxygen atoms in total. The molecule has 2 aromatic carbocycles. The van der Waals surface area contributed by atoms with Gasteiger partial charge in [-0.05, 0) is 36.4 Å². The van der Waals surface area contributed by atoms with Gasteiger partial charge >= 0.3 is 0 Å². The molecule has 0 saturated carbocycles. The standard InChI is InChI=1S/C20H16ClFN4O2S/c1-2-11-26-18(15-5-3-4-6-16(15)22)24-25-20(26)29-12-17(27)23-19(28)13-7-9-14(21)10-8-13/h2-10H,1,11-12H2,(H,23,27,28). The summed E-state index contributed by atoms with van der Waals surface area (Å²) in [6, 6.07) is 12.4. The maximum atomic E-state index is 14.1. The number of halogens is 2. The van der Waals surface area contributed by atoms with Crippen LogP contribution in [0.4, 0.5) is 4.39 Å². The topological polar surface area (TPSA) is 76.9 Å². The molecule has 0 atom stereocenters. The Kier molecular flexibility index (Phi) is 6.79. The van der Waals surface area contributed by atoms with Gasteiger partial charge in [0.1, 0.15) is 5.82 Å². The van der Waals surface area contributed by atoms with E-state index in [0.717, 1.165) is 11.8 Å². The second-order valence-corrected chi connectivity index (χ2v) is 7.24. The van der Waals surface area contributed by atoms with E-state index in [1.54, 1.807) is 41.0 Å². The second-order valence-electron chi connectivity index (χ2n) is 5.86. The molecule has 0 saturated heterocycles. The predicted octanol–water partition coefficient (Wildman–Crippen LogP) is 3.97. The average molecular weight is 431 g/mol. The molecule has 0 radical (unpaired) electrons. The molecule has 1 aromatic heterocycles. The van der Waals surface area contributed by atoms with E-state index in [1.165, 1.54) is 18.2 Å². The minimum absolute atomic E-state index is 0.0636. The third kappa shape index (κ3) is 5.10. The first-order valence-electron chi connectivity index (χ1n) is 8.51. The number of nitrogens with zero attached hydrogens (tertiary/aromatic N) is 3. The van der Waals surface area contributed by atoms with E-state index in [1.807, 2.05) is 0 Å². The molecule has 0 aliphatic heterocycles. The van der Waals surface area contributed by atoms with E-state index >= 15 is 0 Å². The largest absolute Gasteiger partial charge is 0.298 e. The van der Waals surface area contributed by atoms with Crippen molar-refractivity contribution in [3.05, 3.63) is 77.6 Å². The highest BCUT2D eigenvalue weighted by Gasteiger charge is 2.18. The molecule has 0 aliphatic carbocycles. The minimum Gasteiger partial charge on any atom is -0.298 e. The second kappa shape index (κ2) is 9.49. The number of carbonyl (C=O) groups is 2. The number of amides is 2. The third-order valence-corrected chi connectivity index (χ3v) is 5.05. The lowest BCUT2D eigenvalue weighted by atomic mass is 10.2. The van der Waals surface area contributed by atoms with Gasteiger partial charge in [-0.2, -0.15) is 0 Å². The van der Waals surface area contributed by atoms with Crippen LogP contribution in [-0.4, -0.2) is 32.3 Å². The van der Waals surface area contributed by atoms with E-state index < -0.39 is 17.6 Å². The Hall–Kier alpha value is -2.97. The monoisotopic (exact) mass is 430 g/mol. The quantitative estimate of drug-likeness (QED) is 0.453. The highest BCUT2D eigenvalue weighted by atomic mass is 35.5. The Morgan fingerprint density at radius 3 is 2.59 bits per heavy atom. The number of rotatable bonds is 7. The molecule has 9 heteroatoms. The van der Waals surface area contributed by atoms with Crippen molar-refractivity contribution < 1.29 is 14.0 Å². The Labute approximate surface area is 175 Å². The summed E-state index contributed by atoms with van der Waals surface area (Å²) in [6.07, 6.45) is 1.63. The van der Waals surface area contributed by atoms with Crippen LogP contribution in [0.3, 0.4) is 0 Å². The summed E-state index contributed by atoms with van der Waals surface area (Å²) < 4.78 is 15.8. The molecule has 1 heterocycles. The molecule has 0 fully saturated rings. The molecule has 0 bridgehead atoms. The highest BCUT2D eigenvalue weighted by molar-refractivity contribution is 7.99. The Balaban J connectivity index is 1.69. The van der Waals surface area contributed by atoms with Gasteiger partial charge < -0.3 is 0 Å². The lowest BCUT2D eigenvalue weighted by molar-refractivity contribution is -0.117. The van der Waals surface area contributed by atoms with Crippen LogP contribution >= 0.6 is 23.4 Å². The smallest absolute Gasteiger partial charge is 0.257 e. The Morgan fingerprint density at radius 1 is 1.17 bits per heavy atom. The van der Waals surface area contributed by atoms with Crippen molar-refractivity contribution >= 4 is 35.2 Å². The summed E-state index contributed by atoms with van der Waals surface area (Å²) in [5.41, 5.74) is 0.625. The summed E-state index contributed by atoms with van der Waals surface area (Å²) in [6.45, 7) is 4.03. The Morgan fingerprint density at radius 2 is 1.90 bits per heavy atom. The van der Waals surface area contributed by atoms with Gasteiger partial charge in [0.2, 0.25) is 5.91 Å². The van der Waals surface area contributed by atoms with Gasteiger partial charge in [0.25, 0.3) is 5.91 Å². The molecule has 148 valence electrons. The van der Waals surface area contributed by atoms with E-state index in [2.05, 4.69) is 22.1 Å².